The van der Waals surface area contributed by atoms with Gasteiger partial charge in [-0.1, -0.05) is 36.4 Å². The molecule has 2 aromatic rings. The molecule has 7 heteroatoms. The van der Waals surface area contributed by atoms with Gasteiger partial charge in [0.2, 0.25) is 10.0 Å². The van der Waals surface area contributed by atoms with Gasteiger partial charge in [-0.2, -0.15) is 0 Å². The lowest BCUT2D eigenvalue weighted by Gasteiger charge is -2.06. The van der Waals surface area contributed by atoms with Crippen molar-refractivity contribution in [2.75, 3.05) is 0 Å². The Morgan fingerprint density at radius 1 is 1.14 bits per heavy atom. The molecule has 0 spiro atoms. The summed E-state index contributed by atoms with van der Waals surface area (Å²) in [6.45, 7) is 1.35. The van der Waals surface area contributed by atoms with Crippen molar-refractivity contribution in [3.63, 3.8) is 0 Å². The van der Waals surface area contributed by atoms with Crippen LogP contribution in [0.5, 0.6) is 0 Å². The van der Waals surface area contributed by atoms with Crippen LogP contribution in [0.25, 0.3) is 0 Å². The molecule has 0 bridgehead atoms. The van der Waals surface area contributed by atoms with Crippen LogP contribution in [0.1, 0.15) is 18.1 Å². The summed E-state index contributed by atoms with van der Waals surface area (Å²) in [5.74, 6) is -0.839. The Labute approximate surface area is 129 Å². The van der Waals surface area contributed by atoms with Gasteiger partial charge in [0.25, 0.3) is 5.97 Å². The summed E-state index contributed by atoms with van der Waals surface area (Å²) in [5, 5.41) is 7.42. The maximum atomic E-state index is 11.8. The van der Waals surface area contributed by atoms with E-state index in [9.17, 15) is 8.42 Å². The van der Waals surface area contributed by atoms with Crippen LogP contribution in [0.4, 0.5) is 0 Å². The van der Waals surface area contributed by atoms with E-state index in [1.54, 1.807) is 30.6 Å². The first-order chi connectivity index (χ1) is 10.4. The average Bonchev–Trinajstić information content (AvgIpc) is 2.46. The van der Waals surface area contributed by atoms with E-state index in [1.165, 1.54) is 0 Å². The first kappa shape index (κ1) is 17.8. The zero-order valence-electron chi connectivity index (χ0n) is 12.1. The molecule has 0 amide bonds. The van der Waals surface area contributed by atoms with E-state index < -0.39 is 16.0 Å². The zero-order valence-corrected chi connectivity index (χ0v) is 13.0. The molecule has 1 heterocycles. The number of hydrogen-bond acceptors (Lipinski definition) is 4. The number of hydrogen-bond donors (Lipinski definition) is 2. The normalized spacial score (nSPS) is 10.4. The summed E-state index contributed by atoms with van der Waals surface area (Å²) in [6.07, 6.45) is 3.30. The van der Waals surface area contributed by atoms with Gasteiger partial charge in [0.1, 0.15) is 0 Å². The Morgan fingerprint density at radius 3 is 2.27 bits per heavy atom. The number of rotatable bonds is 5. The fourth-order valence-corrected chi connectivity index (χ4v) is 2.66. The van der Waals surface area contributed by atoms with E-state index in [4.69, 9.17) is 9.90 Å². The van der Waals surface area contributed by atoms with Crippen LogP contribution in [-0.4, -0.2) is 24.5 Å². The van der Waals surface area contributed by atoms with Crippen molar-refractivity contribution in [1.29, 1.82) is 0 Å². The summed E-state index contributed by atoms with van der Waals surface area (Å²) in [6, 6.07) is 12.7. The van der Waals surface area contributed by atoms with Gasteiger partial charge in [-0.3, -0.25) is 9.78 Å². The minimum atomic E-state index is -3.31. The third-order valence-electron chi connectivity index (χ3n) is 2.42. The van der Waals surface area contributed by atoms with Gasteiger partial charge in [-0.05, 0) is 17.2 Å². The van der Waals surface area contributed by atoms with E-state index in [0.29, 0.717) is 0 Å². The summed E-state index contributed by atoms with van der Waals surface area (Å²) >= 11 is 0. The lowest BCUT2D eigenvalue weighted by Crippen LogP contribution is -2.24. The number of nitrogens with zero attached hydrogens (tertiary/aromatic N) is 1. The largest absolute Gasteiger partial charge is 0.481 e. The molecule has 0 radical (unpaired) electrons. The third kappa shape index (κ3) is 8.13. The Kier molecular flexibility index (Phi) is 7.21. The van der Waals surface area contributed by atoms with Crippen molar-refractivity contribution in [3.05, 3.63) is 66.0 Å². The predicted octanol–water partition coefficient (Wildman–Crippen LogP) is 1.79. The van der Waals surface area contributed by atoms with Gasteiger partial charge in [0.05, 0.1) is 5.75 Å². The number of carboxylic acid groups (broad SMARTS) is 1. The SMILES string of the molecule is CC(=O)O.O=S(=O)(Cc1ccccc1)NCc1cccnc1. The highest BCUT2D eigenvalue weighted by Gasteiger charge is 2.10. The molecule has 1 aromatic heterocycles. The standard InChI is InChI=1S/C13H14N2O2S.C2H4O2/c16-18(17,11-12-5-2-1-3-6-12)15-10-13-7-4-8-14-9-13;1-2(3)4/h1-9,15H,10-11H2;1H3,(H,3,4). The van der Waals surface area contributed by atoms with E-state index in [-0.39, 0.29) is 12.3 Å². The molecule has 0 saturated heterocycles. The van der Waals surface area contributed by atoms with E-state index >= 15 is 0 Å². The van der Waals surface area contributed by atoms with Crippen LogP contribution in [0.15, 0.2) is 54.9 Å². The highest BCUT2D eigenvalue weighted by molar-refractivity contribution is 7.88. The van der Waals surface area contributed by atoms with Crippen LogP contribution >= 0.6 is 0 Å². The van der Waals surface area contributed by atoms with Crippen molar-refractivity contribution < 1.29 is 18.3 Å². The van der Waals surface area contributed by atoms with E-state index in [2.05, 4.69) is 9.71 Å². The predicted molar refractivity (Wildman–Crippen MR) is 83.5 cm³/mol. The third-order valence-corrected chi connectivity index (χ3v) is 3.72. The van der Waals surface area contributed by atoms with Gasteiger partial charge in [-0.15, -0.1) is 0 Å². The molecule has 0 saturated carbocycles. The van der Waals surface area contributed by atoms with Crippen molar-refractivity contribution in [2.24, 2.45) is 0 Å². The number of carboxylic acids is 1. The molecular formula is C15H18N2O4S. The van der Waals surface area contributed by atoms with Gasteiger partial charge >= 0.3 is 0 Å². The molecule has 0 aliphatic rings. The maximum absolute atomic E-state index is 11.8. The summed E-state index contributed by atoms with van der Waals surface area (Å²) in [5.41, 5.74) is 1.62. The molecule has 0 aliphatic carbocycles. The second-order valence-corrected chi connectivity index (χ2v) is 6.25. The molecule has 118 valence electrons. The molecule has 1 aromatic carbocycles. The van der Waals surface area contributed by atoms with Gasteiger partial charge in [0.15, 0.2) is 0 Å². The van der Waals surface area contributed by atoms with Crippen LogP contribution in [0.3, 0.4) is 0 Å². The summed E-state index contributed by atoms with van der Waals surface area (Å²) < 4.78 is 26.2. The summed E-state index contributed by atoms with van der Waals surface area (Å²) in [4.78, 5) is 12.9. The number of benzene rings is 1. The first-order valence-corrected chi connectivity index (χ1v) is 8.14. The minimum absolute atomic E-state index is 0.00585. The fraction of sp³-hybridized carbons (Fsp3) is 0.200. The Hall–Kier alpha value is -2.25. The molecule has 0 unspecified atom stereocenters. The van der Waals surface area contributed by atoms with Crippen molar-refractivity contribution in [2.45, 2.75) is 19.2 Å². The number of aromatic nitrogens is 1. The molecule has 6 nitrogen and oxygen atoms in total. The van der Waals surface area contributed by atoms with Gasteiger partial charge in [0, 0.05) is 25.9 Å². The highest BCUT2D eigenvalue weighted by atomic mass is 32.2. The fourth-order valence-electron chi connectivity index (χ4n) is 1.54. The topological polar surface area (TPSA) is 96.4 Å². The van der Waals surface area contributed by atoms with Crippen molar-refractivity contribution in [1.82, 2.24) is 9.71 Å². The number of carbonyl (C=O) groups is 1. The van der Waals surface area contributed by atoms with Gasteiger partial charge < -0.3 is 5.11 Å². The molecule has 0 aliphatic heterocycles. The highest BCUT2D eigenvalue weighted by Crippen LogP contribution is 2.05. The summed E-state index contributed by atoms with van der Waals surface area (Å²) in [7, 11) is -3.31. The van der Waals surface area contributed by atoms with Crippen LogP contribution in [0, 0.1) is 0 Å². The quantitative estimate of drug-likeness (QED) is 0.875. The van der Waals surface area contributed by atoms with Crippen LogP contribution < -0.4 is 4.72 Å². The molecule has 22 heavy (non-hydrogen) atoms. The smallest absolute Gasteiger partial charge is 0.300 e. The first-order valence-electron chi connectivity index (χ1n) is 6.49. The molecule has 2 rings (SSSR count). The van der Waals surface area contributed by atoms with E-state index in [1.807, 2.05) is 24.3 Å². The average molecular weight is 322 g/mol. The van der Waals surface area contributed by atoms with Gasteiger partial charge in [-0.25, -0.2) is 13.1 Å². The Bertz CT molecular complexity index is 669. The molecule has 0 atom stereocenters. The van der Waals surface area contributed by atoms with Crippen LogP contribution in [0.2, 0.25) is 0 Å². The monoisotopic (exact) mass is 322 g/mol. The maximum Gasteiger partial charge on any atom is 0.300 e. The number of nitrogens with one attached hydrogen (secondary N) is 1. The Morgan fingerprint density at radius 2 is 1.73 bits per heavy atom. The van der Waals surface area contributed by atoms with E-state index in [0.717, 1.165) is 18.1 Å². The molecular weight excluding hydrogens is 304 g/mol. The lowest BCUT2D eigenvalue weighted by molar-refractivity contribution is -0.134. The lowest BCUT2D eigenvalue weighted by atomic mass is 10.2. The number of aliphatic carboxylic acids is 1. The number of pyridine rings is 1. The number of sulfonamides is 1. The van der Waals surface area contributed by atoms with Crippen LogP contribution in [-0.2, 0) is 27.1 Å². The second kappa shape index (κ2) is 8.91. The second-order valence-electron chi connectivity index (χ2n) is 4.45. The molecule has 0 fully saturated rings. The van der Waals surface area contributed by atoms with Crippen molar-refractivity contribution in [3.8, 4) is 0 Å². The zero-order chi connectivity index (χ0) is 16.4. The van der Waals surface area contributed by atoms with Crippen molar-refractivity contribution >= 4 is 16.0 Å². The minimum Gasteiger partial charge on any atom is -0.481 e. The Balaban J connectivity index is 0.000000541. The molecule has 2 N–H and O–H groups in total.